The number of rotatable bonds is 4. The Kier molecular flexibility index (Phi) is 3.82. The molecule has 7 nitrogen and oxygen atoms in total. The predicted molar refractivity (Wildman–Crippen MR) is 71.8 cm³/mol. The first-order valence-corrected chi connectivity index (χ1v) is 6.00. The molecule has 106 valence electrons. The van der Waals surface area contributed by atoms with E-state index in [0.717, 1.165) is 0 Å². The summed E-state index contributed by atoms with van der Waals surface area (Å²) in [5.41, 5.74) is 5.54. The molecule has 0 aliphatic rings. The zero-order chi connectivity index (χ0) is 14.9. The summed E-state index contributed by atoms with van der Waals surface area (Å²) in [6.45, 7) is 0. The van der Waals surface area contributed by atoms with Crippen LogP contribution in [-0.2, 0) is 11.8 Å². The van der Waals surface area contributed by atoms with Gasteiger partial charge in [-0.25, -0.2) is 4.98 Å². The molecular weight excluding hydrogens is 262 g/mol. The van der Waals surface area contributed by atoms with Gasteiger partial charge in [0, 0.05) is 7.05 Å². The number of primary amides is 1. The summed E-state index contributed by atoms with van der Waals surface area (Å²) < 4.78 is 1.32. The Labute approximate surface area is 114 Å². The Bertz CT molecular complexity index is 710. The van der Waals surface area contributed by atoms with Gasteiger partial charge in [-0.15, -0.1) is 0 Å². The number of nitrogens with two attached hydrogens (primary N) is 1. The lowest BCUT2D eigenvalue weighted by Gasteiger charge is -2.17. The Morgan fingerprint density at radius 1 is 1.45 bits per heavy atom. The highest BCUT2D eigenvalue weighted by molar-refractivity contribution is 5.78. The number of nitrogens with zero attached hydrogens (tertiary/aromatic N) is 2. The molecule has 0 aliphatic carbocycles. The number of aromatic nitrogens is 2. The quantitative estimate of drug-likeness (QED) is 0.676. The van der Waals surface area contributed by atoms with E-state index in [1.165, 1.54) is 17.0 Å². The van der Waals surface area contributed by atoms with E-state index in [4.69, 9.17) is 5.73 Å². The fraction of sp³-hybridized carbons (Fsp3) is 0.308. The molecule has 0 saturated heterocycles. The van der Waals surface area contributed by atoms with Crippen molar-refractivity contribution in [2.24, 2.45) is 12.8 Å². The molecule has 2 aromatic rings. The smallest absolute Gasteiger partial charge is 0.260 e. The van der Waals surface area contributed by atoms with Gasteiger partial charge in [-0.1, -0.05) is 6.07 Å². The molecule has 0 radical (unpaired) electrons. The number of hydrogen-bond donors (Lipinski definition) is 3. The second-order valence-corrected chi connectivity index (χ2v) is 4.62. The molecule has 1 heterocycles. The molecule has 0 spiro atoms. The van der Waals surface area contributed by atoms with Gasteiger partial charge in [0.25, 0.3) is 5.56 Å². The summed E-state index contributed by atoms with van der Waals surface area (Å²) in [6.07, 6.45) is -1.56. The van der Waals surface area contributed by atoms with Crippen LogP contribution in [0.4, 0.5) is 0 Å². The van der Waals surface area contributed by atoms with Gasteiger partial charge in [-0.3, -0.25) is 9.59 Å². The van der Waals surface area contributed by atoms with Crippen molar-refractivity contribution in [1.29, 1.82) is 0 Å². The molecule has 1 aromatic heterocycles. The number of carbonyl (C=O) groups excluding carboxylic acids is 1. The highest BCUT2D eigenvalue weighted by Crippen LogP contribution is 2.21. The molecule has 2 rings (SSSR count). The fourth-order valence-corrected chi connectivity index (χ4v) is 1.95. The molecular formula is C13H15N3O4. The Hall–Kier alpha value is -2.25. The minimum absolute atomic E-state index is 0.256. The van der Waals surface area contributed by atoms with Crippen LogP contribution in [0.5, 0.6) is 0 Å². The number of hydrogen-bond acceptors (Lipinski definition) is 5. The minimum atomic E-state index is -1.31. The molecule has 0 saturated carbocycles. The Morgan fingerprint density at radius 2 is 2.15 bits per heavy atom. The number of aliphatic hydroxyl groups excluding tert-OH is 2. The monoisotopic (exact) mass is 277 g/mol. The summed E-state index contributed by atoms with van der Waals surface area (Å²) >= 11 is 0. The highest BCUT2D eigenvalue weighted by Gasteiger charge is 2.21. The van der Waals surface area contributed by atoms with Gasteiger partial charge in [0.05, 0.1) is 29.8 Å². The maximum absolute atomic E-state index is 12.0. The number of amides is 1. The van der Waals surface area contributed by atoms with E-state index in [9.17, 15) is 19.8 Å². The second kappa shape index (κ2) is 5.40. The molecule has 7 heteroatoms. The van der Waals surface area contributed by atoms with Crippen LogP contribution < -0.4 is 11.3 Å². The first-order valence-electron chi connectivity index (χ1n) is 6.00. The summed E-state index contributed by atoms with van der Waals surface area (Å²) in [7, 11) is 1.57. The van der Waals surface area contributed by atoms with E-state index in [2.05, 4.69) is 4.98 Å². The van der Waals surface area contributed by atoms with Crippen molar-refractivity contribution in [3.8, 4) is 0 Å². The normalized spacial score (nSPS) is 14.2. The zero-order valence-corrected chi connectivity index (χ0v) is 10.9. The van der Waals surface area contributed by atoms with Gasteiger partial charge in [0.2, 0.25) is 5.91 Å². The van der Waals surface area contributed by atoms with E-state index >= 15 is 0 Å². The standard InChI is InChI=1S/C13H15N3O4/c1-16-6-15-9-3-2-7(4-8(9)13(16)20)12(19)10(17)5-11(14)18/h2-4,6,10,12,17,19H,5H2,1H3,(H2,14,18). The van der Waals surface area contributed by atoms with Crippen molar-refractivity contribution < 1.29 is 15.0 Å². The van der Waals surface area contributed by atoms with Gasteiger partial charge in [-0.05, 0) is 17.7 Å². The average molecular weight is 277 g/mol. The van der Waals surface area contributed by atoms with Crippen molar-refractivity contribution in [3.05, 3.63) is 40.4 Å². The Morgan fingerprint density at radius 3 is 2.80 bits per heavy atom. The van der Waals surface area contributed by atoms with Crippen molar-refractivity contribution >= 4 is 16.8 Å². The lowest BCUT2D eigenvalue weighted by Crippen LogP contribution is -2.26. The largest absolute Gasteiger partial charge is 0.390 e. The van der Waals surface area contributed by atoms with Crippen LogP contribution in [-0.4, -0.2) is 31.8 Å². The van der Waals surface area contributed by atoms with E-state index in [-0.39, 0.29) is 12.0 Å². The highest BCUT2D eigenvalue weighted by atomic mass is 16.3. The summed E-state index contributed by atoms with van der Waals surface area (Å²) in [6, 6.07) is 4.58. The van der Waals surface area contributed by atoms with Crippen molar-refractivity contribution in [1.82, 2.24) is 9.55 Å². The molecule has 0 bridgehead atoms. The van der Waals surface area contributed by atoms with E-state index < -0.39 is 18.1 Å². The minimum Gasteiger partial charge on any atom is -0.390 e. The van der Waals surface area contributed by atoms with Crippen molar-refractivity contribution in [3.63, 3.8) is 0 Å². The predicted octanol–water partition coefficient (Wildman–Crippen LogP) is -0.797. The van der Waals surface area contributed by atoms with Crippen LogP contribution in [0.15, 0.2) is 29.3 Å². The number of aryl methyl sites for hydroxylation is 1. The molecule has 4 N–H and O–H groups in total. The molecule has 0 aliphatic heterocycles. The first-order chi connectivity index (χ1) is 9.40. The maximum atomic E-state index is 12.0. The van der Waals surface area contributed by atoms with E-state index in [0.29, 0.717) is 16.5 Å². The number of benzene rings is 1. The SMILES string of the molecule is Cn1cnc2ccc(C(O)C(O)CC(N)=O)cc2c1=O. The van der Waals surface area contributed by atoms with Crippen LogP contribution in [0.3, 0.4) is 0 Å². The van der Waals surface area contributed by atoms with Crippen LogP contribution in [0.2, 0.25) is 0 Å². The topological polar surface area (TPSA) is 118 Å². The van der Waals surface area contributed by atoms with Crippen LogP contribution in [0.1, 0.15) is 18.1 Å². The summed E-state index contributed by atoms with van der Waals surface area (Å²) in [5.74, 6) is -0.713. The second-order valence-electron chi connectivity index (χ2n) is 4.62. The van der Waals surface area contributed by atoms with Crippen LogP contribution in [0, 0.1) is 0 Å². The van der Waals surface area contributed by atoms with Crippen LogP contribution in [0.25, 0.3) is 10.9 Å². The average Bonchev–Trinajstić information content (AvgIpc) is 2.41. The molecule has 20 heavy (non-hydrogen) atoms. The third-order valence-corrected chi connectivity index (χ3v) is 3.06. The molecule has 1 aromatic carbocycles. The number of aliphatic hydroxyl groups is 2. The lowest BCUT2D eigenvalue weighted by atomic mass is 10.0. The van der Waals surface area contributed by atoms with Gasteiger partial charge < -0.3 is 20.5 Å². The maximum Gasteiger partial charge on any atom is 0.260 e. The van der Waals surface area contributed by atoms with Crippen molar-refractivity contribution in [2.45, 2.75) is 18.6 Å². The number of fused-ring (bicyclic) bond motifs is 1. The molecule has 2 atom stereocenters. The van der Waals surface area contributed by atoms with E-state index in [1.807, 2.05) is 0 Å². The molecule has 2 unspecified atom stereocenters. The van der Waals surface area contributed by atoms with Gasteiger partial charge in [0.1, 0.15) is 6.10 Å². The third kappa shape index (κ3) is 2.68. The summed E-state index contributed by atoms with van der Waals surface area (Å²) in [4.78, 5) is 26.8. The lowest BCUT2D eigenvalue weighted by molar-refractivity contribution is -0.121. The zero-order valence-electron chi connectivity index (χ0n) is 10.9. The van der Waals surface area contributed by atoms with Crippen LogP contribution >= 0.6 is 0 Å². The van der Waals surface area contributed by atoms with Gasteiger partial charge in [-0.2, -0.15) is 0 Å². The van der Waals surface area contributed by atoms with Gasteiger partial charge in [0.15, 0.2) is 0 Å². The van der Waals surface area contributed by atoms with Gasteiger partial charge >= 0.3 is 0 Å². The Balaban J connectivity index is 2.43. The molecule has 1 amide bonds. The number of carbonyl (C=O) groups is 1. The van der Waals surface area contributed by atoms with E-state index in [1.54, 1.807) is 19.2 Å². The first kappa shape index (κ1) is 14.2. The molecule has 0 fully saturated rings. The third-order valence-electron chi connectivity index (χ3n) is 3.06. The summed E-state index contributed by atoms with van der Waals surface area (Å²) in [5, 5.41) is 20.0. The fourth-order valence-electron chi connectivity index (χ4n) is 1.95. The van der Waals surface area contributed by atoms with Crippen molar-refractivity contribution in [2.75, 3.05) is 0 Å².